The van der Waals surface area contributed by atoms with Crippen LogP contribution in [0.1, 0.15) is 13.8 Å². The number of rotatable bonds is 2. The minimum absolute atomic E-state index is 0.338. The molecular weight excluding hydrogens is 228 g/mol. The van der Waals surface area contributed by atoms with E-state index in [-0.39, 0.29) is 0 Å². The Labute approximate surface area is 95.1 Å². The number of aromatic amines is 2. The maximum absolute atomic E-state index is 11.5. The van der Waals surface area contributed by atoms with Crippen LogP contribution in [0, 0.1) is 0 Å². The van der Waals surface area contributed by atoms with Gasteiger partial charge in [-0.15, -0.1) is 0 Å². The SMILES string of the molecule is CC(C)Sc1nc2c([nH]1)c(=O)[nH]c(=O)n2C. The average Bonchev–Trinajstić information content (AvgIpc) is 2.58. The van der Waals surface area contributed by atoms with Crippen molar-refractivity contribution in [3.05, 3.63) is 20.8 Å². The molecule has 0 aliphatic rings. The molecule has 0 unspecified atom stereocenters. The summed E-state index contributed by atoms with van der Waals surface area (Å²) in [5.74, 6) is 0. The number of nitrogens with zero attached hydrogens (tertiary/aromatic N) is 2. The van der Waals surface area contributed by atoms with E-state index in [1.807, 2.05) is 13.8 Å². The van der Waals surface area contributed by atoms with Crippen LogP contribution in [0.2, 0.25) is 0 Å². The van der Waals surface area contributed by atoms with Gasteiger partial charge < -0.3 is 4.98 Å². The number of thioether (sulfide) groups is 1. The van der Waals surface area contributed by atoms with E-state index in [2.05, 4.69) is 15.0 Å². The number of H-pyrrole nitrogens is 2. The van der Waals surface area contributed by atoms with Gasteiger partial charge in [-0.05, 0) is 0 Å². The monoisotopic (exact) mass is 240 g/mol. The summed E-state index contributed by atoms with van der Waals surface area (Å²) < 4.78 is 1.32. The second-order valence-electron chi connectivity index (χ2n) is 3.73. The molecule has 0 aliphatic heterocycles. The molecule has 2 N–H and O–H groups in total. The first-order chi connectivity index (χ1) is 7.49. The van der Waals surface area contributed by atoms with Gasteiger partial charge in [0.1, 0.15) is 0 Å². The van der Waals surface area contributed by atoms with E-state index in [1.165, 1.54) is 16.3 Å². The standard InChI is InChI=1S/C9H12N4O2S/c1-4(2)16-8-10-5-6(11-8)13(3)9(15)12-7(5)14/h4H,1-3H3,(H,10,11)(H,12,14,15). The van der Waals surface area contributed by atoms with E-state index in [0.717, 1.165) is 0 Å². The molecule has 0 fully saturated rings. The van der Waals surface area contributed by atoms with E-state index in [0.29, 0.717) is 21.6 Å². The van der Waals surface area contributed by atoms with Crippen LogP contribution in [0.5, 0.6) is 0 Å². The number of hydrogen-bond acceptors (Lipinski definition) is 4. The summed E-state index contributed by atoms with van der Waals surface area (Å²) in [4.78, 5) is 32.2. The number of fused-ring (bicyclic) bond motifs is 1. The molecule has 0 aromatic carbocycles. The van der Waals surface area contributed by atoms with Crippen molar-refractivity contribution in [2.75, 3.05) is 0 Å². The molecule has 0 bridgehead atoms. The lowest BCUT2D eigenvalue weighted by atomic mass is 10.5. The Morgan fingerprint density at radius 3 is 2.62 bits per heavy atom. The quantitative estimate of drug-likeness (QED) is 0.746. The fourth-order valence-electron chi connectivity index (χ4n) is 1.36. The minimum Gasteiger partial charge on any atom is -0.327 e. The zero-order chi connectivity index (χ0) is 11.9. The minimum atomic E-state index is -0.454. The third kappa shape index (κ3) is 1.78. The Balaban J connectivity index is 2.70. The van der Waals surface area contributed by atoms with E-state index < -0.39 is 11.2 Å². The predicted octanol–water partition coefficient (Wildman–Crippen LogP) is 0.450. The van der Waals surface area contributed by atoms with Gasteiger partial charge in [0.15, 0.2) is 16.3 Å². The highest BCUT2D eigenvalue weighted by Crippen LogP contribution is 2.20. The Kier molecular flexibility index (Phi) is 2.63. The van der Waals surface area contributed by atoms with Crippen LogP contribution < -0.4 is 11.2 Å². The number of aryl methyl sites for hydroxylation is 1. The molecule has 0 radical (unpaired) electrons. The Morgan fingerprint density at radius 1 is 1.31 bits per heavy atom. The number of nitrogens with one attached hydrogen (secondary N) is 2. The summed E-state index contributed by atoms with van der Waals surface area (Å²) >= 11 is 1.51. The second kappa shape index (κ2) is 3.82. The highest BCUT2D eigenvalue weighted by Gasteiger charge is 2.11. The van der Waals surface area contributed by atoms with Gasteiger partial charge in [0, 0.05) is 12.3 Å². The molecule has 7 heteroatoms. The lowest BCUT2D eigenvalue weighted by Gasteiger charge is -1.97. The van der Waals surface area contributed by atoms with Crippen LogP contribution in [0.4, 0.5) is 0 Å². The lowest BCUT2D eigenvalue weighted by Crippen LogP contribution is -2.28. The average molecular weight is 240 g/mol. The molecule has 6 nitrogen and oxygen atoms in total. The molecule has 0 amide bonds. The Morgan fingerprint density at radius 2 is 2.00 bits per heavy atom. The van der Waals surface area contributed by atoms with Crippen molar-refractivity contribution in [3.8, 4) is 0 Å². The molecule has 2 aromatic heterocycles. The van der Waals surface area contributed by atoms with Crippen LogP contribution >= 0.6 is 11.8 Å². The lowest BCUT2D eigenvalue weighted by molar-refractivity contribution is 0.829. The highest BCUT2D eigenvalue weighted by atomic mass is 32.2. The molecule has 0 atom stereocenters. The maximum Gasteiger partial charge on any atom is 0.329 e. The first-order valence-corrected chi connectivity index (χ1v) is 5.72. The molecule has 2 aromatic rings. The predicted molar refractivity (Wildman–Crippen MR) is 62.9 cm³/mol. The van der Waals surface area contributed by atoms with Crippen molar-refractivity contribution >= 4 is 22.9 Å². The van der Waals surface area contributed by atoms with Crippen molar-refractivity contribution in [1.29, 1.82) is 0 Å². The first-order valence-electron chi connectivity index (χ1n) is 4.84. The summed E-state index contributed by atoms with van der Waals surface area (Å²) in [6.45, 7) is 4.06. The summed E-state index contributed by atoms with van der Waals surface area (Å²) in [5, 5.41) is 1.01. The molecule has 0 saturated heterocycles. The van der Waals surface area contributed by atoms with Gasteiger partial charge in [0.2, 0.25) is 0 Å². The third-order valence-electron chi connectivity index (χ3n) is 2.08. The smallest absolute Gasteiger partial charge is 0.327 e. The van der Waals surface area contributed by atoms with E-state index >= 15 is 0 Å². The summed E-state index contributed by atoms with van der Waals surface area (Å²) in [5.41, 5.74) is -0.159. The van der Waals surface area contributed by atoms with Gasteiger partial charge in [-0.1, -0.05) is 25.6 Å². The largest absolute Gasteiger partial charge is 0.329 e. The zero-order valence-corrected chi connectivity index (χ0v) is 10.0. The Hall–Kier alpha value is -1.50. The van der Waals surface area contributed by atoms with E-state index in [1.54, 1.807) is 7.05 Å². The topological polar surface area (TPSA) is 83.5 Å². The molecule has 0 spiro atoms. The van der Waals surface area contributed by atoms with Crippen molar-refractivity contribution in [1.82, 2.24) is 19.5 Å². The van der Waals surface area contributed by atoms with Crippen molar-refractivity contribution in [2.24, 2.45) is 7.05 Å². The number of aromatic nitrogens is 4. The van der Waals surface area contributed by atoms with E-state index in [4.69, 9.17) is 0 Å². The molecular formula is C9H12N4O2S. The molecule has 2 rings (SSSR count). The van der Waals surface area contributed by atoms with Gasteiger partial charge in [0.05, 0.1) is 0 Å². The molecule has 0 saturated carbocycles. The van der Waals surface area contributed by atoms with E-state index in [9.17, 15) is 9.59 Å². The normalized spacial score (nSPS) is 11.5. The highest BCUT2D eigenvalue weighted by molar-refractivity contribution is 7.99. The maximum atomic E-state index is 11.5. The third-order valence-corrected chi connectivity index (χ3v) is 2.97. The van der Waals surface area contributed by atoms with Crippen LogP contribution in [0.3, 0.4) is 0 Å². The first kappa shape index (κ1) is 11.0. The van der Waals surface area contributed by atoms with Gasteiger partial charge in [-0.3, -0.25) is 14.3 Å². The Bertz CT molecular complexity index is 637. The molecule has 16 heavy (non-hydrogen) atoms. The number of hydrogen-bond donors (Lipinski definition) is 2. The van der Waals surface area contributed by atoms with Gasteiger partial charge in [0.25, 0.3) is 5.56 Å². The van der Waals surface area contributed by atoms with Gasteiger partial charge >= 0.3 is 5.69 Å². The summed E-state index contributed by atoms with van der Waals surface area (Å²) in [7, 11) is 1.57. The van der Waals surface area contributed by atoms with Crippen LogP contribution in [-0.4, -0.2) is 24.8 Å². The summed E-state index contributed by atoms with van der Waals surface area (Å²) in [6, 6.07) is 0. The van der Waals surface area contributed by atoms with Crippen molar-refractivity contribution in [2.45, 2.75) is 24.3 Å². The molecule has 2 heterocycles. The van der Waals surface area contributed by atoms with Crippen LogP contribution in [-0.2, 0) is 7.05 Å². The molecule has 86 valence electrons. The number of imidazole rings is 1. The fourth-order valence-corrected chi connectivity index (χ4v) is 2.11. The zero-order valence-electron chi connectivity index (χ0n) is 9.20. The van der Waals surface area contributed by atoms with Crippen molar-refractivity contribution in [3.63, 3.8) is 0 Å². The van der Waals surface area contributed by atoms with Crippen molar-refractivity contribution < 1.29 is 0 Å². The second-order valence-corrected chi connectivity index (χ2v) is 5.29. The summed E-state index contributed by atoms with van der Waals surface area (Å²) in [6.07, 6.45) is 0. The van der Waals surface area contributed by atoms with Crippen LogP contribution in [0.15, 0.2) is 14.7 Å². The van der Waals surface area contributed by atoms with Gasteiger partial charge in [-0.25, -0.2) is 9.78 Å². The molecule has 0 aliphatic carbocycles. The van der Waals surface area contributed by atoms with Gasteiger partial charge in [-0.2, -0.15) is 0 Å². The fraction of sp³-hybridized carbons (Fsp3) is 0.444. The van der Waals surface area contributed by atoms with Crippen LogP contribution in [0.25, 0.3) is 11.2 Å².